The highest BCUT2D eigenvalue weighted by Gasteiger charge is 2.14. The van der Waals surface area contributed by atoms with Crippen LogP contribution in [0.3, 0.4) is 0 Å². The molecule has 0 radical (unpaired) electrons. The first-order valence-corrected chi connectivity index (χ1v) is 8.46. The highest BCUT2D eigenvalue weighted by atomic mass is 16.2. The molecule has 0 spiro atoms. The maximum atomic E-state index is 12.3. The molecule has 0 aliphatic carbocycles. The van der Waals surface area contributed by atoms with Crippen molar-refractivity contribution < 1.29 is 4.79 Å². The normalized spacial score (nSPS) is 11.4. The molecule has 3 aromatic heterocycles. The van der Waals surface area contributed by atoms with Gasteiger partial charge in [0.15, 0.2) is 0 Å². The van der Waals surface area contributed by atoms with Crippen molar-refractivity contribution in [2.24, 2.45) is 0 Å². The molecule has 0 aliphatic heterocycles. The van der Waals surface area contributed by atoms with Crippen LogP contribution in [0.5, 0.6) is 0 Å². The zero-order valence-corrected chi connectivity index (χ0v) is 15.0. The lowest BCUT2D eigenvalue weighted by Gasteiger charge is -2.10. The number of hydrogen-bond acceptors (Lipinski definition) is 5. The van der Waals surface area contributed by atoms with E-state index < -0.39 is 0 Å². The van der Waals surface area contributed by atoms with Crippen molar-refractivity contribution in [2.45, 2.75) is 46.6 Å². The van der Waals surface area contributed by atoms with Gasteiger partial charge in [0, 0.05) is 42.8 Å². The minimum atomic E-state index is -0.280. The quantitative estimate of drug-likeness (QED) is 0.691. The Balaban J connectivity index is 1.58. The monoisotopic (exact) mass is 341 g/mol. The minimum Gasteiger partial charge on any atom is -0.349 e. The van der Waals surface area contributed by atoms with E-state index in [2.05, 4.69) is 43.8 Å². The number of amides is 1. The van der Waals surface area contributed by atoms with Crippen molar-refractivity contribution in [1.29, 1.82) is 0 Å². The van der Waals surface area contributed by atoms with Gasteiger partial charge in [-0.2, -0.15) is 4.98 Å². The van der Waals surface area contributed by atoms with Gasteiger partial charge in [-0.05, 0) is 26.3 Å². The molecule has 3 heterocycles. The van der Waals surface area contributed by atoms with Crippen molar-refractivity contribution in [2.75, 3.05) is 6.54 Å². The molecular weight excluding hydrogens is 318 g/mol. The number of rotatable bonds is 6. The Hall–Kier alpha value is -2.77. The van der Waals surface area contributed by atoms with Crippen LogP contribution in [0, 0.1) is 13.8 Å². The lowest BCUT2D eigenvalue weighted by Crippen LogP contribution is -2.26. The molecular formula is C17H23N7O. The zero-order valence-electron chi connectivity index (χ0n) is 15.0. The highest BCUT2D eigenvalue weighted by Crippen LogP contribution is 2.11. The molecule has 3 aromatic rings. The van der Waals surface area contributed by atoms with Crippen LogP contribution in [0.25, 0.3) is 5.78 Å². The van der Waals surface area contributed by atoms with Gasteiger partial charge in [0.1, 0.15) is 5.82 Å². The largest absolute Gasteiger partial charge is 0.349 e. The number of carbonyl (C=O) groups excluding carboxylic acids is 1. The summed E-state index contributed by atoms with van der Waals surface area (Å²) in [7, 11) is 0. The maximum Gasteiger partial charge on any atom is 0.291 e. The van der Waals surface area contributed by atoms with Crippen LogP contribution in [0.15, 0.2) is 18.5 Å². The number of aryl methyl sites for hydroxylation is 3. The molecule has 3 rings (SSSR count). The Labute approximate surface area is 146 Å². The number of fused-ring (bicyclic) bond motifs is 1. The van der Waals surface area contributed by atoms with E-state index in [4.69, 9.17) is 0 Å². The van der Waals surface area contributed by atoms with E-state index in [1.165, 1.54) is 0 Å². The molecule has 132 valence electrons. The van der Waals surface area contributed by atoms with E-state index in [0.717, 1.165) is 30.2 Å². The molecule has 0 atom stereocenters. The van der Waals surface area contributed by atoms with Crippen molar-refractivity contribution >= 4 is 11.7 Å². The third-order valence-electron chi connectivity index (χ3n) is 3.95. The van der Waals surface area contributed by atoms with Gasteiger partial charge in [0.05, 0.1) is 0 Å². The van der Waals surface area contributed by atoms with Crippen molar-refractivity contribution in [3.8, 4) is 0 Å². The second-order valence-electron chi connectivity index (χ2n) is 6.43. The fourth-order valence-corrected chi connectivity index (χ4v) is 2.80. The lowest BCUT2D eigenvalue weighted by molar-refractivity contribution is 0.0942. The van der Waals surface area contributed by atoms with E-state index in [1.54, 1.807) is 4.52 Å². The van der Waals surface area contributed by atoms with Gasteiger partial charge in [0.25, 0.3) is 11.7 Å². The van der Waals surface area contributed by atoms with E-state index in [0.29, 0.717) is 18.2 Å². The predicted molar refractivity (Wildman–Crippen MR) is 93.5 cm³/mol. The van der Waals surface area contributed by atoms with Gasteiger partial charge >= 0.3 is 0 Å². The summed E-state index contributed by atoms with van der Waals surface area (Å²) in [5.74, 6) is 1.75. The fraction of sp³-hybridized carbons (Fsp3) is 0.471. The summed E-state index contributed by atoms with van der Waals surface area (Å²) in [6.45, 7) is 9.40. The van der Waals surface area contributed by atoms with Gasteiger partial charge < -0.3 is 9.88 Å². The highest BCUT2D eigenvalue weighted by molar-refractivity contribution is 5.90. The van der Waals surface area contributed by atoms with Crippen LogP contribution in [0.2, 0.25) is 0 Å². The van der Waals surface area contributed by atoms with Crippen LogP contribution in [0.4, 0.5) is 0 Å². The van der Waals surface area contributed by atoms with Gasteiger partial charge in [-0.15, -0.1) is 5.10 Å². The Morgan fingerprint density at radius 3 is 2.84 bits per heavy atom. The first-order chi connectivity index (χ1) is 12.0. The summed E-state index contributed by atoms with van der Waals surface area (Å²) in [6.07, 6.45) is 4.59. The first-order valence-electron chi connectivity index (χ1n) is 8.46. The van der Waals surface area contributed by atoms with Crippen LogP contribution < -0.4 is 5.32 Å². The molecule has 25 heavy (non-hydrogen) atoms. The second kappa shape index (κ2) is 7.00. The topological polar surface area (TPSA) is 90.0 Å². The number of carbonyl (C=O) groups is 1. The van der Waals surface area contributed by atoms with E-state index in [1.807, 2.05) is 32.3 Å². The lowest BCUT2D eigenvalue weighted by atomic mass is 10.2. The number of imidazole rings is 1. The Bertz CT molecular complexity index is 894. The zero-order chi connectivity index (χ0) is 18.0. The molecule has 1 amide bonds. The second-order valence-corrected chi connectivity index (χ2v) is 6.43. The Kier molecular flexibility index (Phi) is 4.78. The maximum absolute atomic E-state index is 12.3. The molecule has 0 saturated carbocycles. The van der Waals surface area contributed by atoms with E-state index in [9.17, 15) is 4.79 Å². The number of nitrogens with one attached hydrogen (secondary N) is 1. The van der Waals surface area contributed by atoms with E-state index >= 15 is 0 Å². The molecule has 0 aromatic carbocycles. The smallest absolute Gasteiger partial charge is 0.291 e. The number of nitrogens with zero attached hydrogens (tertiary/aromatic N) is 6. The standard InChI is InChI=1S/C17H23N7O/c1-11(2)15-18-7-9-23(15)8-5-6-19-16(25)14-21-17-20-12(3)10-13(4)24(17)22-14/h7,9-11H,5-6,8H2,1-4H3,(H,19,25). The van der Waals surface area contributed by atoms with Crippen molar-refractivity contribution in [3.05, 3.63) is 41.5 Å². The van der Waals surface area contributed by atoms with Gasteiger partial charge in [0.2, 0.25) is 5.82 Å². The van der Waals surface area contributed by atoms with Gasteiger partial charge in [-0.1, -0.05) is 13.8 Å². The summed E-state index contributed by atoms with van der Waals surface area (Å²) in [5.41, 5.74) is 1.75. The van der Waals surface area contributed by atoms with E-state index in [-0.39, 0.29) is 11.7 Å². The Morgan fingerprint density at radius 2 is 2.08 bits per heavy atom. The summed E-state index contributed by atoms with van der Waals surface area (Å²) in [4.78, 5) is 25.1. The summed E-state index contributed by atoms with van der Waals surface area (Å²) >= 11 is 0. The molecule has 0 fully saturated rings. The Morgan fingerprint density at radius 1 is 1.28 bits per heavy atom. The third-order valence-corrected chi connectivity index (χ3v) is 3.95. The SMILES string of the molecule is Cc1cc(C)n2nc(C(=O)NCCCn3ccnc3C(C)C)nc2n1. The molecule has 8 nitrogen and oxygen atoms in total. The van der Waals surface area contributed by atoms with Gasteiger partial charge in [-0.3, -0.25) is 4.79 Å². The third kappa shape index (κ3) is 3.67. The number of aromatic nitrogens is 6. The first kappa shape index (κ1) is 17.1. The van der Waals surface area contributed by atoms with Crippen LogP contribution in [-0.4, -0.2) is 41.6 Å². The molecule has 8 heteroatoms. The van der Waals surface area contributed by atoms with Crippen LogP contribution >= 0.6 is 0 Å². The predicted octanol–water partition coefficient (Wildman–Crippen LogP) is 1.88. The molecule has 0 bridgehead atoms. The molecule has 0 saturated heterocycles. The summed E-state index contributed by atoms with van der Waals surface area (Å²) < 4.78 is 3.71. The fourth-order valence-electron chi connectivity index (χ4n) is 2.80. The average Bonchev–Trinajstić information content (AvgIpc) is 3.17. The molecule has 0 aliphatic rings. The van der Waals surface area contributed by atoms with Crippen molar-refractivity contribution in [1.82, 2.24) is 34.4 Å². The van der Waals surface area contributed by atoms with Crippen LogP contribution in [-0.2, 0) is 6.54 Å². The van der Waals surface area contributed by atoms with Gasteiger partial charge in [-0.25, -0.2) is 14.5 Å². The average molecular weight is 341 g/mol. The summed E-state index contributed by atoms with van der Waals surface area (Å²) in [6, 6.07) is 1.90. The summed E-state index contributed by atoms with van der Waals surface area (Å²) in [5, 5.41) is 7.10. The molecule has 1 N–H and O–H groups in total. The molecule has 0 unspecified atom stereocenters. The van der Waals surface area contributed by atoms with Crippen molar-refractivity contribution in [3.63, 3.8) is 0 Å². The number of hydrogen-bond donors (Lipinski definition) is 1. The van der Waals surface area contributed by atoms with Crippen LogP contribution in [0.1, 0.15) is 54.0 Å². The minimum absolute atomic E-state index is 0.145.